The standard InChI is InChI=1S/C29H25BrN2O3/c1-17-15-20(9-14-23(17)30)26(33)24-25(19-7-10-21(11-8-19)29(2,3)4)32(28(35)27(24)34)22-12-5-18(16-31)6-13-22/h5-15,25,33H,1-4H3/b26-24-. The van der Waals surface area contributed by atoms with E-state index in [-0.39, 0.29) is 16.7 Å². The summed E-state index contributed by atoms with van der Waals surface area (Å²) in [5.41, 5.74) is 4.05. The van der Waals surface area contributed by atoms with Crippen LogP contribution in [0, 0.1) is 18.3 Å². The van der Waals surface area contributed by atoms with Crippen LogP contribution in [-0.4, -0.2) is 16.8 Å². The lowest BCUT2D eigenvalue weighted by Crippen LogP contribution is -2.29. The molecule has 0 radical (unpaired) electrons. The van der Waals surface area contributed by atoms with Gasteiger partial charge in [-0.1, -0.05) is 67.0 Å². The second kappa shape index (κ2) is 9.16. The molecular weight excluding hydrogens is 504 g/mol. The predicted octanol–water partition coefficient (Wildman–Crippen LogP) is 6.55. The molecule has 0 spiro atoms. The van der Waals surface area contributed by atoms with Gasteiger partial charge in [0, 0.05) is 15.7 Å². The largest absolute Gasteiger partial charge is 0.507 e. The molecule has 6 heteroatoms. The van der Waals surface area contributed by atoms with Crippen LogP contribution in [0.15, 0.2) is 76.8 Å². The number of nitriles is 1. The van der Waals surface area contributed by atoms with Gasteiger partial charge in [0.15, 0.2) is 0 Å². The van der Waals surface area contributed by atoms with E-state index >= 15 is 0 Å². The monoisotopic (exact) mass is 528 g/mol. The fourth-order valence-electron chi connectivity index (χ4n) is 4.22. The predicted molar refractivity (Wildman–Crippen MR) is 140 cm³/mol. The first-order valence-electron chi connectivity index (χ1n) is 11.2. The molecule has 3 aromatic carbocycles. The fourth-order valence-corrected chi connectivity index (χ4v) is 4.47. The third-order valence-electron chi connectivity index (χ3n) is 6.24. The molecule has 5 nitrogen and oxygen atoms in total. The minimum absolute atomic E-state index is 0.0320. The van der Waals surface area contributed by atoms with Crippen molar-refractivity contribution >= 4 is 39.1 Å². The number of carbonyl (C=O) groups excluding carboxylic acids is 2. The Labute approximate surface area is 213 Å². The highest BCUT2D eigenvalue weighted by molar-refractivity contribution is 9.10. The summed E-state index contributed by atoms with van der Waals surface area (Å²) in [6.07, 6.45) is 0. The quantitative estimate of drug-likeness (QED) is 0.237. The van der Waals surface area contributed by atoms with E-state index in [0.29, 0.717) is 22.4 Å². The Balaban J connectivity index is 1.93. The Kier molecular flexibility index (Phi) is 6.40. The Morgan fingerprint density at radius 2 is 1.63 bits per heavy atom. The minimum atomic E-state index is -0.819. The molecule has 1 saturated heterocycles. The number of aryl methyl sites for hydroxylation is 1. The maximum atomic E-state index is 13.3. The lowest BCUT2D eigenvalue weighted by atomic mass is 9.85. The Morgan fingerprint density at radius 1 is 1.00 bits per heavy atom. The number of aliphatic hydroxyl groups is 1. The average molecular weight is 529 g/mol. The van der Waals surface area contributed by atoms with Crippen molar-refractivity contribution in [2.75, 3.05) is 4.90 Å². The van der Waals surface area contributed by atoms with Crippen LogP contribution in [0.1, 0.15) is 54.6 Å². The van der Waals surface area contributed by atoms with Crippen molar-refractivity contribution in [3.63, 3.8) is 0 Å². The molecule has 0 bridgehead atoms. The van der Waals surface area contributed by atoms with E-state index in [1.807, 2.05) is 31.2 Å². The number of halogens is 1. The van der Waals surface area contributed by atoms with E-state index in [0.717, 1.165) is 15.6 Å². The number of carbonyl (C=O) groups is 2. The molecule has 4 rings (SSSR count). The van der Waals surface area contributed by atoms with Crippen molar-refractivity contribution in [2.45, 2.75) is 39.2 Å². The molecule has 1 fully saturated rings. The molecule has 1 atom stereocenters. The third-order valence-corrected chi connectivity index (χ3v) is 7.13. The van der Waals surface area contributed by atoms with Gasteiger partial charge in [-0.2, -0.15) is 5.26 Å². The van der Waals surface area contributed by atoms with E-state index in [2.05, 4.69) is 42.8 Å². The Bertz CT molecular complexity index is 1390. The lowest BCUT2D eigenvalue weighted by Gasteiger charge is -2.26. The van der Waals surface area contributed by atoms with Gasteiger partial charge < -0.3 is 5.11 Å². The zero-order valence-corrected chi connectivity index (χ0v) is 21.6. The number of hydrogen-bond acceptors (Lipinski definition) is 4. The topological polar surface area (TPSA) is 81.4 Å². The van der Waals surface area contributed by atoms with Crippen LogP contribution in [0.5, 0.6) is 0 Å². The number of anilines is 1. The second-order valence-electron chi connectivity index (χ2n) is 9.66. The maximum Gasteiger partial charge on any atom is 0.300 e. The third kappa shape index (κ3) is 4.52. The zero-order chi connectivity index (χ0) is 25.5. The maximum absolute atomic E-state index is 13.3. The van der Waals surface area contributed by atoms with Crippen LogP contribution in [0.2, 0.25) is 0 Å². The molecule has 176 valence electrons. The highest BCUT2D eigenvalue weighted by Crippen LogP contribution is 2.42. The number of ketones is 1. The number of benzene rings is 3. The van der Waals surface area contributed by atoms with Gasteiger partial charge in [0.05, 0.1) is 23.2 Å². The van der Waals surface area contributed by atoms with Crippen molar-refractivity contribution in [2.24, 2.45) is 0 Å². The first-order valence-corrected chi connectivity index (χ1v) is 12.0. The van der Waals surface area contributed by atoms with Crippen LogP contribution in [0.4, 0.5) is 5.69 Å². The number of rotatable bonds is 3. The summed E-state index contributed by atoms with van der Waals surface area (Å²) in [7, 11) is 0. The minimum Gasteiger partial charge on any atom is -0.507 e. The van der Waals surface area contributed by atoms with Crippen LogP contribution in [0.3, 0.4) is 0 Å². The molecule has 1 unspecified atom stereocenters. The average Bonchev–Trinajstić information content (AvgIpc) is 3.10. The van der Waals surface area contributed by atoms with E-state index in [1.165, 1.54) is 4.90 Å². The number of aliphatic hydroxyl groups excluding tert-OH is 1. The van der Waals surface area contributed by atoms with E-state index in [9.17, 15) is 14.7 Å². The number of amides is 1. The zero-order valence-electron chi connectivity index (χ0n) is 20.0. The van der Waals surface area contributed by atoms with Gasteiger partial charge in [0.25, 0.3) is 11.7 Å². The van der Waals surface area contributed by atoms with Crippen LogP contribution in [0.25, 0.3) is 5.76 Å². The van der Waals surface area contributed by atoms with Gasteiger partial charge in [-0.25, -0.2) is 0 Å². The summed E-state index contributed by atoms with van der Waals surface area (Å²) in [4.78, 5) is 28.0. The molecule has 1 aliphatic heterocycles. The summed E-state index contributed by atoms with van der Waals surface area (Å²) < 4.78 is 0.876. The number of hydrogen-bond donors (Lipinski definition) is 1. The van der Waals surface area contributed by atoms with Gasteiger partial charge in [-0.05, 0) is 65.4 Å². The van der Waals surface area contributed by atoms with Crippen molar-refractivity contribution in [3.05, 3.63) is 105 Å². The first kappa shape index (κ1) is 24.4. The molecule has 1 heterocycles. The van der Waals surface area contributed by atoms with Crippen LogP contribution >= 0.6 is 15.9 Å². The number of nitrogens with zero attached hydrogens (tertiary/aromatic N) is 2. The highest BCUT2D eigenvalue weighted by atomic mass is 79.9. The highest BCUT2D eigenvalue weighted by Gasteiger charge is 2.47. The van der Waals surface area contributed by atoms with Crippen molar-refractivity contribution < 1.29 is 14.7 Å². The van der Waals surface area contributed by atoms with Gasteiger partial charge in [0.2, 0.25) is 0 Å². The smallest absolute Gasteiger partial charge is 0.300 e. The molecule has 1 aliphatic rings. The van der Waals surface area contributed by atoms with Crippen LogP contribution in [-0.2, 0) is 15.0 Å². The molecule has 0 aromatic heterocycles. The van der Waals surface area contributed by atoms with E-state index < -0.39 is 17.7 Å². The molecule has 0 saturated carbocycles. The molecule has 1 N–H and O–H groups in total. The summed E-state index contributed by atoms with van der Waals surface area (Å²) in [6.45, 7) is 8.22. The normalized spacial score (nSPS) is 17.5. The van der Waals surface area contributed by atoms with Gasteiger partial charge in [-0.3, -0.25) is 14.5 Å². The SMILES string of the molecule is Cc1cc(/C(O)=C2/C(=O)C(=O)N(c3ccc(C#N)cc3)C2c2ccc(C(C)(C)C)cc2)ccc1Br. The molecule has 0 aliphatic carbocycles. The van der Waals surface area contributed by atoms with Crippen molar-refractivity contribution in [1.29, 1.82) is 5.26 Å². The van der Waals surface area contributed by atoms with Gasteiger partial charge >= 0.3 is 0 Å². The fraction of sp³-hybridized carbons (Fsp3) is 0.207. The van der Waals surface area contributed by atoms with Crippen LogP contribution < -0.4 is 4.90 Å². The summed E-state index contributed by atoms with van der Waals surface area (Å²) in [5, 5.41) is 20.5. The second-order valence-corrected chi connectivity index (χ2v) is 10.5. The summed E-state index contributed by atoms with van der Waals surface area (Å²) in [5.74, 6) is -1.70. The molecule has 1 amide bonds. The summed E-state index contributed by atoms with van der Waals surface area (Å²) in [6, 6.07) is 20.8. The number of Topliss-reactive ketones (excluding diaryl/α,β-unsaturated/α-hetero) is 1. The molecular formula is C29H25BrN2O3. The van der Waals surface area contributed by atoms with Crippen molar-refractivity contribution in [3.8, 4) is 6.07 Å². The Morgan fingerprint density at radius 3 is 2.17 bits per heavy atom. The van der Waals surface area contributed by atoms with Gasteiger partial charge in [0.1, 0.15) is 5.76 Å². The first-order chi connectivity index (χ1) is 16.5. The molecule has 3 aromatic rings. The Hall–Kier alpha value is -3.69. The lowest BCUT2D eigenvalue weighted by molar-refractivity contribution is -0.132. The van der Waals surface area contributed by atoms with Crippen molar-refractivity contribution in [1.82, 2.24) is 0 Å². The van der Waals surface area contributed by atoms with E-state index in [1.54, 1.807) is 42.5 Å². The van der Waals surface area contributed by atoms with Gasteiger partial charge in [-0.15, -0.1) is 0 Å². The molecule has 35 heavy (non-hydrogen) atoms. The summed E-state index contributed by atoms with van der Waals surface area (Å²) >= 11 is 3.46. The van der Waals surface area contributed by atoms with E-state index in [4.69, 9.17) is 5.26 Å².